The van der Waals surface area contributed by atoms with E-state index in [0.29, 0.717) is 5.92 Å². The van der Waals surface area contributed by atoms with Crippen molar-refractivity contribution in [1.29, 1.82) is 0 Å². The fourth-order valence-electron chi connectivity index (χ4n) is 1.68. The third kappa shape index (κ3) is 2.53. The summed E-state index contributed by atoms with van der Waals surface area (Å²) in [4.78, 5) is 9.16. The Morgan fingerprint density at radius 3 is 2.33 bits per heavy atom. The first-order valence-electron chi connectivity index (χ1n) is 5.94. The van der Waals surface area contributed by atoms with E-state index in [4.69, 9.17) is 0 Å². The molecule has 2 rings (SSSR count). The van der Waals surface area contributed by atoms with Crippen LogP contribution in [0, 0.1) is 0 Å². The molecule has 0 aliphatic carbocycles. The summed E-state index contributed by atoms with van der Waals surface area (Å²) >= 11 is 3.57. The minimum absolute atomic E-state index is 0.299. The van der Waals surface area contributed by atoms with Crippen LogP contribution in [0.25, 0.3) is 11.3 Å². The molecule has 1 aromatic carbocycles. The normalized spacial score (nSPS) is 10.7. The second-order valence-electron chi connectivity index (χ2n) is 4.36. The summed E-state index contributed by atoms with van der Waals surface area (Å²) in [6.45, 7) is 4.19. The molecule has 0 atom stereocenters. The lowest BCUT2D eigenvalue weighted by atomic mass is 10.1. The first-order valence-corrected chi connectivity index (χ1v) is 6.73. The fraction of sp³-hybridized carbons (Fsp3) is 0.286. The molecular weight excluding hydrogens is 290 g/mol. The van der Waals surface area contributed by atoms with Gasteiger partial charge in [0.2, 0.25) is 0 Å². The number of hydrogen-bond acceptors (Lipinski definition) is 3. The van der Waals surface area contributed by atoms with Crippen molar-refractivity contribution in [2.75, 3.05) is 12.4 Å². The molecule has 0 saturated carbocycles. The predicted octanol–water partition coefficient (Wildman–Crippen LogP) is 4.07. The van der Waals surface area contributed by atoms with Crippen molar-refractivity contribution in [3.05, 3.63) is 40.6 Å². The molecule has 4 heteroatoms. The summed E-state index contributed by atoms with van der Waals surface area (Å²) in [5, 5.41) is 3.10. The van der Waals surface area contributed by atoms with Gasteiger partial charge in [0.1, 0.15) is 11.6 Å². The standard InChI is InChI=1S/C14H16BrN3/c1-9(2)13-17-12(10-7-5-4-6-8-10)11(15)14(16-3)18-13/h4-9H,1-3H3,(H,16,17,18). The molecule has 0 bridgehead atoms. The molecule has 94 valence electrons. The quantitative estimate of drug-likeness (QED) is 0.929. The summed E-state index contributed by atoms with van der Waals surface area (Å²) in [6.07, 6.45) is 0. The molecule has 1 aromatic heterocycles. The second kappa shape index (κ2) is 5.48. The zero-order chi connectivity index (χ0) is 13.1. The smallest absolute Gasteiger partial charge is 0.144 e. The van der Waals surface area contributed by atoms with E-state index in [1.165, 1.54) is 0 Å². The van der Waals surface area contributed by atoms with Crippen molar-refractivity contribution < 1.29 is 0 Å². The molecule has 0 radical (unpaired) electrons. The topological polar surface area (TPSA) is 37.8 Å². The lowest BCUT2D eigenvalue weighted by molar-refractivity contribution is 0.776. The van der Waals surface area contributed by atoms with Crippen LogP contribution < -0.4 is 5.32 Å². The van der Waals surface area contributed by atoms with Gasteiger partial charge in [-0.05, 0) is 15.9 Å². The van der Waals surface area contributed by atoms with E-state index in [2.05, 4.69) is 57.2 Å². The minimum atomic E-state index is 0.299. The number of rotatable bonds is 3. The largest absolute Gasteiger partial charge is 0.372 e. The number of nitrogens with one attached hydrogen (secondary N) is 1. The Bertz CT molecular complexity index is 538. The predicted molar refractivity (Wildman–Crippen MR) is 78.8 cm³/mol. The van der Waals surface area contributed by atoms with E-state index >= 15 is 0 Å². The maximum absolute atomic E-state index is 4.65. The number of anilines is 1. The molecule has 1 N–H and O–H groups in total. The SMILES string of the molecule is CNc1nc(C(C)C)nc(-c2ccccc2)c1Br. The van der Waals surface area contributed by atoms with E-state index in [1.54, 1.807) is 0 Å². The number of benzene rings is 1. The first kappa shape index (κ1) is 13.0. The highest BCUT2D eigenvalue weighted by Crippen LogP contribution is 2.32. The average molecular weight is 306 g/mol. The molecule has 0 aliphatic rings. The number of nitrogens with zero attached hydrogens (tertiary/aromatic N) is 2. The van der Waals surface area contributed by atoms with Gasteiger partial charge >= 0.3 is 0 Å². The first-order chi connectivity index (χ1) is 8.63. The molecule has 1 heterocycles. The molecule has 0 amide bonds. The fourth-order valence-corrected chi connectivity index (χ4v) is 2.28. The van der Waals surface area contributed by atoms with Gasteiger partial charge in [0.15, 0.2) is 0 Å². The summed E-state index contributed by atoms with van der Waals surface area (Å²) < 4.78 is 0.903. The minimum Gasteiger partial charge on any atom is -0.372 e. The highest BCUT2D eigenvalue weighted by Gasteiger charge is 2.14. The molecule has 0 saturated heterocycles. The highest BCUT2D eigenvalue weighted by atomic mass is 79.9. The molecule has 0 fully saturated rings. The Kier molecular flexibility index (Phi) is 3.97. The summed E-state index contributed by atoms with van der Waals surface area (Å²) in [6, 6.07) is 10.1. The molecule has 0 spiro atoms. The van der Waals surface area contributed by atoms with Gasteiger partial charge in [0, 0.05) is 18.5 Å². The van der Waals surface area contributed by atoms with E-state index in [-0.39, 0.29) is 0 Å². The van der Waals surface area contributed by atoms with Gasteiger partial charge in [-0.1, -0.05) is 44.2 Å². The maximum Gasteiger partial charge on any atom is 0.144 e. The van der Waals surface area contributed by atoms with Crippen LogP contribution in [-0.4, -0.2) is 17.0 Å². The van der Waals surface area contributed by atoms with Crippen LogP contribution in [0.5, 0.6) is 0 Å². The molecule has 0 unspecified atom stereocenters. The van der Waals surface area contributed by atoms with Crippen molar-refractivity contribution in [2.45, 2.75) is 19.8 Å². The van der Waals surface area contributed by atoms with Crippen molar-refractivity contribution in [1.82, 2.24) is 9.97 Å². The summed E-state index contributed by atoms with van der Waals surface area (Å²) in [5.41, 5.74) is 2.02. The number of halogens is 1. The molecular formula is C14H16BrN3. The van der Waals surface area contributed by atoms with Gasteiger partial charge in [0.05, 0.1) is 10.2 Å². The zero-order valence-electron chi connectivity index (χ0n) is 10.7. The van der Waals surface area contributed by atoms with Gasteiger partial charge < -0.3 is 5.32 Å². The third-order valence-electron chi connectivity index (χ3n) is 2.67. The van der Waals surface area contributed by atoms with Crippen LogP contribution in [0.2, 0.25) is 0 Å². The Balaban J connectivity index is 2.62. The van der Waals surface area contributed by atoms with E-state index in [1.807, 2.05) is 25.2 Å². The molecule has 18 heavy (non-hydrogen) atoms. The second-order valence-corrected chi connectivity index (χ2v) is 5.16. The summed E-state index contributed by atoms with van der Waals surface area (Å²) in [5.74, 6) is 1.97. The number of hydrogen-bond donors (Lipinski definition) is 1. The van der Waals surface area contributed by atoms with Crippen LogP contribution in [-0.2, 0) is 0 Å². The van der Waals surface area contributed by atoms with Crippen molar-refractivity contribution >= 4 is 21.7 Å². The van der Waals surface area contributed by atoms with Crippen LogP contribution >= 0.6 is 15.9 Å². The molecule has 3 nitrogen and oxygen atoms in total. The van der Waals surface area contributed by atoms with Crippen molar-refractivity contribution in [3.8, 4) is 11.3 Å². The van der Waals surface area contributed by atoms with Crippen LogP contribution in [0.15, 0.2) is 34.8 Å². The van der Waals surface area contributed by atoms with E-state index in [9.17, 15) is 0 Å². The maximum atomic E-state index is 4.65. The van der Waals surface area contributed by atoms with Crippen LogP contribution in [0.1, 0.15) is 25.6 Å². The Morgan fingerprint density at radius 1 is 1.11 bits per heavy atom. The number of aromatic nitrogens is 2. The van der Waals surface area contributed by atoms with Gasteiger partial charge in [-0.25, -0.2) is 9.97 Å². The highest BCUT2D eigenvalue weighted by molar-refractivity contribution is 9.10. The lowest BCUT2D eigenvalue weighted by Crippen LogP contribution is -2.05. The van der Waals surface area contributed by atoms with Gasteiger partial charge in [-0.3, -0.25) is 0 Å². The van der Waals surface area contributed by atoms with Crippen molar-refractivity contribution in [2.24, 2.45) is 0 Å². The van der Waals surface area contributed by atoms with Gasteiger partial charge in [0.25, 0.3) is 0 Å². The van der Waals surface area contributed by atoms with Gasteiger partial charge in [-0.2, -0.15) is 0 Å². The van der Waals surface area contributed by atoms with E-state index < -0.39 is 0 Å². The molecule has 2 aromatic rings. The Hall–Kier alpha value is -1.42. The van der Waals surface area contributed by atoms with Crippen LogP contribution in [0.3, 0.4) is 0 Å². The monoisotopic (exact) mass is 305 g/mol. The van der Waals surface area contributed by atoms with Gasteiger partial charge in [-0.15, -0.1) is 0 Å². The third-order valence-corrected chi connectivity index (χ3v) is 3.42. The average Bonchev–Trinajstić information content (AvgIpc) is 2.39. The Morgan fingerprint density at radius 2 is 1.78 bits per heavy atom. The van der Waals surface area contributed by atoms with Crippen LogP contribution in [0.4, 0.5) is 5.82 Å². The summed E-state index contributed by atoms with van der Waals surface area (Å²) in [7, 11) is 1.87. The lowest BCUT2D eigenvalue weighted by Gasteiger charge is -2.12. The van der Waals surface area contributed by atoms with E-state index in [0.717, 1.165) is 27.4 Å². The Labute approximate surface area is 116 Å². The van der Waals surface area contributed by atoms with Crippen molar-refractivity contribution in [3.63, 3.8) is 0 Å². The zero-order valence-corrected chi connectivity index (χ0v) is 12.3. The molecule has 0 aliphatic heterocycles.